The molecule has 4 nitrogen and oxygen atoms in total. The molecule has 0 bridgehead atoms. The van der Waals surface area contributed by atoms with Gasteiger partial charge in [0.15, 0.2) is 0 Å². The Kier molecular flexibility index (Phi) is 6.45. The maximum absolute atomic E-state index is 13.1. The van der Waals surface area contributed by atoms with Crippen LogP contribution in [-0.2, 0) is 22.6 Å². The zero-order chi connectivity index (χ0) is 18.4. The summed E-state index contributed by atoms with van der Waals surface area (Å²) in [6.45, 7) is 2.65. The minimum atomic E-state index is -0.225. The van der Waals surface area contributed by atoms with Crippen molar-refractivity contribution in [3.8, 4) is 0 Å². The molecule has 1 saturated carbocycles. The van der Waals surface area contributed by atoms with E-state index in [9.17, 15) is 9.18 Å². The fourth-order valence-corrected chi connectivity index (χ4v) is 3.31. The molecule has 1 aromatic carbocycles. The molecule has 0 saturated heterocycles. The van der Waals surface area contributed by atoms with Crippen LogP contribution in [0.2, 0.25) is 0 Å². The van der Waals surface area contributed by atoms with Crippen LogP contribution in [0.5, 0.6) is 0 Å². The highest BCUT2D eigenvalue weighted by atomic mass is 19.1. The quantitative estimate of drug-likeness (QED) is 0.638. The molecule has 0 spiro atoms. The van der Waals surface area contributed by atoms with E-state index in [1.807, 2.05) is 17.2 Å². The third-order valence-electron chi connectivity index (χ3n) is 5.09. The number of ether oxygens (including phenoxy) is 1. The summed E-state index contributed by atoms with van der Waals surface area (Å²) in [5.41, 5.74) is 2.14. The lowest BCUT2D eigenvalue weighted by molar-refractivity contribution is -0.139. The Hall–Kier alpha value is -2.14. The van der Waals surface area contributed by atoms with E-state index in [2.05, 4.69) is 10.6 Å². The molecule has 3 rings (SSSR count). The van der Waals surface area contributed by atoms with Gasteiger partial charge >= 0.3 is 0 Å². The van der Waals surface area contributed by atoms with Gasteiger partial charge in [0.1, 0.15) is 5.82 Å². The molecule has 0 atom stereocenters. The number of carbonyl (C=O) groups is 1. The number of rotatable bonds is 9. The first-order chi connectivity index (χ1) is 12.7. The topological polar surface area (TPSA) is 34.5 Å². The molecule has 1 aromatic heterocycles. The van der Waals surface area contributed by atoms with Gasteiger partial charge in [-0.15, -0.1) is 0 Å². The normalized spacial score (nSPS) is 14.2. The molecule has 0 N–H and O–H groups in total. The Morgan fingerprint density at radius 1 is 1.27 bits per heavy atom. The Bertz CT molecular complexity index is 707. The molecule has 0 radical (unpaired) electrons. The molecule has 140 valence electrons. The van der Waals surface area contributed by atoms with E-state index in [1.54, 1.807) is 19.2 Å². The molecule has 2 aromatic rings. The van der Waals surface area contributed by atoms with E-state index in [0.29, 0.717) is 26.2 Å². The molecule has 0 aliphatic heterocycles. The average molecular weight is 358 g/mol. The molecular weight excluding hydrogens is 331 g/mol. The highest BCUT2D eigenvalue weighted by Crippen LogP contribution is 2.29. The van der Waals surface area contributed by atoms with Gasteiger partial charge in [0, 0.05) is 44.6 Å². The lowest BCUT2D eigenvalue weighted by atomic mass is 9.84. The Morgan fingerprint density at radius 3 is 2.69 bits per heavy atom. The van der Waals surface area contributed by atoms with Crippen molar-refractivity contribution in [1.29, 1.82) is 0 Å². The third kappa shape index (κ3) is 4.73. The number of nitrogens with zero attached hydrogens (tertiary/aromatic N) is 2. The second-order valence-electron chi connectivity index (χ2n) is 6.99. The van der Waals surface area contributed by atoms with Crippen LogP contribution >= 0.6 is 0 Å². The van der Waals surface area contributed by atoms with E-state index in [0.717, 1.165) is 36.9 Å². The lowest BCUT2D eigenvalue weighted by Crippen LogP contribution is -2.39. The SMILES string of the molecule is COCCCN(Cc1cccn1Cc1ccc(F)cc1)C(=O)C1CCC1. The largest absolute Gasteiger partial charge is 0.385 e. The highest BCUT2D eigenvalue weighted by Gasteiger charge is 2.29. The predicted octanol–water partition coefficient (Wildman–Crippen LogP) is 3.84. The maximum atomic E-state index is 13.1. The smallest absolute Gasteiger partial charge is 0.226 e. The molecule has 1 aliphatic rings. The number of aromatic nitrogens is 1. The molecule has 1 amide bonds. The van der Waals surface area contributed by atoms with Crippen molar-refractivity contribution in [3.63, 3.8) is 0 Å². The second-order valence-corrected chi connectivity index (χ2v) is 6.99. The van der Waals surface area contributed by atoms with Gasteiger partial charge in [-0.25, -0.2) is 4.39 Å². The van der Waals surface area contributed by atoms with Crippen LogP contribution in [0.15, 0.2) is 42.6 Å². The first kappa shape index (κ1) is 18.6. The molecule has 1 heterocycles. The lowest BCUT2D eigenvalue weighted by Gasteiger charge is -2.32. The summed E-state index contributed by atoms with van der Waals surface area (Å²) >= 11 is 0. The van der Waals surface area contributed by atoms with Crippen molar-refractivity contribution in [1.82, 2.24) is 9.47 Å². The number of methoxy groups -OCH3 is 1. The zero-order valence-electron chi connectivity index (χ0n) is 15.4. The van der Waals surface area contributed by atoms with Crippen LogP contribution in [0.3, 0.4) is 0 Å². The monoisotopic (exact) mass is 358 g/mol. The first-order valence-corrected chi connectivity index (χ1v) is 9.33. The van der Waals surface area contributed by atoms with Gasteiger partial charge in [0.2, 0.25) is 5.91 Å². The summed E-state index contributed by atoms with van der Waals surface area (Å²) in [4.78, 5) is 14.8. The fourth-order valence-electron chi connectivity index (χ4n) is 3.31. The first-order valence-electron chi connectivity index (χ1n) is 9.33. The average Bonchev–Trinajstić information content (AvgIpc) is 3.01. The highest BCUT2D eigenvalue weighted by molar-refractivity contribution is 5.79. The van der Waals surface area contributed by atoms with Gasteiger partial charge < -0.3 is 14.2 Å². The van der Waals surface area contributed by atoms with Gasteiger partial charge in [-0.05, 0) is 49.1 Å². The van der Waals surface area contributed by atoms with Crippen LogP contribution in [0, 0.1) is 11.7 Å². The summed E-state index contributed by atoms with van der Waals surface area (Å²) in [6, 6.07) is 10.6. The minimum Gasteiger partial charge on any atom is -0.385 e. The molecule has 1 fully saturated rings. The predicted molar refractivity (Wildman–Crippen MR) is 99.2 cm³/mol. The summed E-state index contributed by atoms with van der Waals surface area (Å²) in [5.74, 6) is 0.233. The number of benzene rings is 1. The molecule has 5 heteroatoms. The summed E-state index contributed by atoms with van der Waals surface area (Å²) in [6.07, 6.45) is 6.03. The van der Waals surface area contributed by atoms with E-state index >= 15 is 0 Å². The summed E-state index contributed by atoms with van der Waals surface area (Å²) < 4.78 is 20.4. The van der Waals surface area contributed by atoms with Crippen molar-refractivity contribution >= 4 is 5.91 Å². The molecule has 1 aliphatic carbocycles. The van der Waals surface area contributed by atoms with Crippen LogP contribution in [0.1, 0.15) is 36.9 Å². The second kappa shape index (κ2) is 8.99. The van der Waals surface area contributed by atoms with E-state index < -0.39 is 0 Å². The number of carbonyl (C=O) groups excluding carboxylic acids is 1. The van der Waals surface area contributed by atoms with Crippen molar-refractivity contribution in [2.75, 3.05) is 20.3 Å². The minimum absolute atomic E-state index is 0.193. The van der Waals surface area contributed by atoms with Gasteiger partial charge in [0.25, 0.3) is 0 Å². The van der Waals surface area contributed by atoms with Crippen LogP contribution < -0.4 is 0 Å². The van der Waals surface area contributed by atoms with E-state index in [1.165, 1.54) is 12.1 Å². The summed E-state index contributed by atoms with van der Waals surface area (Å²) in [5, 5.41) is 0. The number of hydrogen-bond acceptors (Lipinski definition) is 2. The Labute approximate surface area is 154 Å². The van der Waals surface area contributed by atoms with Gasteiger partial charge in [0.05, 0.1) is 6.54 Å². The molecule has 26 heavy (non-hydrogen) atoms. The maximum Gasteiger partial charge on any atom is 0.226 e. The summed E-state index contributed by atoms with van der Waals surface area (Å²) in [7, 11) is 1.69. The molecule has 0 unspecified atom stereocenters. The Morgan fingerprint density at radius 2 is 2.04 bits per heavy atom. The third-order valence-corrected chi connectivity index (χ3v) is 5.09. The van der Waals surface area contributed by atoms with E-state index in [4.69, 9.17) is 4.74 Å². The number of amides is 1. The van der Waals surface area contributed by atoms with Gasteiger partial charge in [-0.3, -0.25) is 4.79 Å². The Balaban J connectivity index is 1.68. The van der Waals surface area contributed by atoms with Gasteiger partial charge in [-0.2, -0.15) is 0 Å². The number of halogens is 1. The van der Waals surface area contributed by atoms with Crippen molar-refractivity contribution in [3.05, 3.63) is 59.7 Å². The van der Waals surface area contributed by atoms with Crippen molar-refractivity contribution in [2.45, 2.75) is 38.8 Å². The van der Waals surface area contributed by atoms with Crippen LogP contribution in [-0.4, -0.2) is 35.6 Å². The van der Waals surface area contributed by atoms with Crippen LogP contribution in [0.25, 0.3) is 0 Å². The zero-order valence-corrected chi connectivity index (χ0v) is 15.4. The van der Waals surface area contributed by atoms with Crippen molar-refractivity contribution < 1.29 is 13.9 Å². The van der Waals surface area contributed by atoms with Crippen molar-refractivity contribution in [2.24, 2.45) is 5.92 Å². The fraction of sp³-hybridized carbons (Fsp3) is 0.476. The van der Waals surface area contributed by atoms with Crippen LogP contribution in [0.4, 0.5) is 4.39 Å². The van der Waals surface area contributed by atoms with Gasteiger partial charge in [-0.1, -0.05) is 18.6 Å². The van der Waals surface area contributed by atoms with E-state index in [-0.39, 0.29) is 17.6 Å². The standard InChI is InChI=1S/C21H27FN2O2/c1-26-14-4-13-24(21(25)18-5-2-6-18)16-20-7-3-12-23(20)15-17-8-10-19(22)11-9-17/h3,7-12,18H,2,4-6,13-16H2,1H3. The number of hydrogen-bond donors (Lipinski definition) is 0. The molecular formula is C21H27FN2O2.